The molecular formula is C35H39N5. The van der Waals surface area contributed by atoms with Crippen LogP contribution in [0.1, 0.15) is 93.7 Å². The molecule has 0 saturated heterocycles. The number of nitrogens with one attached hydrogen (secondary N) is 1. The summed E-state index contributed by atoms with van der Waals surface area (Å²) in [6.45, 7) is 16.6. The maximum atomic E-state index is 10.3. The molecule has 1 aliphatic carbocycles. The Hall–Kier alpha value is -4.22. The summed E-state index contributed by atoms with van der Waals surface area (Å²) in [5.41, 5.74) is 6.04. The third-order valence-corrected chi connectivity index (χ3v) is 8.74. The number of aliphatic imine (C=N–C) groups is 1. The van der Waals surface area contributed by atoms with Crippen LogP contribution in [-0.2, 0) is 5.41 Å². The number of amidine groups is 2. The molecule has 5 nitrogen and oxygen atoms in total. The van der Waals surface area contributed by atoms with E-state index in [-0.39, 0.29) is 16.9 Å². The second-order valence-corrected chi connectivity index (χ2v) is 11.1. The Kier molecular flexibility index (Phi) is 7.99. The van der Waals surface area contributed by atoms with E-state index >= 15 is 0 Å². The number of fused-ring (bicyclic) bond motifs is 3. The minimum absolute atomic E-state index is 0.0594. The molecule has 0 radical (unpaired) electrons. The molecular weight excluding hydrogens is 490 g/mol. The highest BCUT2D eigenvalue weighted by atomic mass is 15.3. The van der Waals surface area contributed by atoms with E-state index < -0.39 is 0 Å². The van der Waals surface area contributed by atoms with Crippen LogP contribution in [0.2, 0.25) is 0 Å². The number of hydrogen-bond acceptors (Lipinski definition) is 4. The van der Waals surface area contributed by atoms with E-state index in [0.717, 1.165) is 59.2 Å². The van der Waals surface area contributed by atoms with E-state index in [1.54, 1.807) is 12.1 Å². The van der Waals surface area contributed by atoms with Crippen LogP contribution in [0.15, 0.2) is 77.5 Å². The van der Waals surface area contributed by atoms with Gasteiger partial charge in [0.2, 0.25) is 0 Å². The molecule has 1 saturated carbocycles. The molecule has 1 N–H and O–H groups in total. The largest absolute Gasteiger partial charge is 0.284 e. The Labute approximate surface area is 239 Å². The first-order valence-electron chi connectivity index (χ1n) is 14.2. The molecule has 0 amide bonds. The zero-order valence-electron chi connectivity index (χ0n) is 24.6. The third-order valence-electron chi connectivity index (χ3n) is 8.74. The molecule has 1 fully saturated rings. The van der Waals surface area contributed by atoms with E-state index in [2.05, 4.69) is 59.4 Å². The van der Waals surface area contributed by atoms with E-state index in [9.17, 15) is 15.9 Å². The van der Waals surface area contributed by atoms with Gasteiger partial charge in [0, 0.05) is 22.2 Å². The third kappa shape index (κ3) is 4.40. The molecule has 0 spiro atoms. The molecule has 204 valence electrons. The normalized spacial score (nSPS) is 21.5. The van der Waals surface area contributed by atoms with Crippen LogP contribution in [0, 0.1) is 40.9 Å². The number of hydrogen-bond donors (Lipinski definition) is 1. The van der Waals surface area contributed by atoms with Gasteiger partial charge in [0.15, 0.2) is 0 Å². The summed E-state index contributed by atoms with van der Waals surface area (Å²) >= 11 is 0. The minimum atomic E-state index is -0.348. The van der Waals surface area contributed by atoms with Gasteiger partial charge in [-0.1, -0.05) is 83.7 Å². The van der Waals surface area contributed by atoms with Gasteiger partial charge in [-0.2, -0.15) is 10.5 Å². The lowest BCUT2D eigenvalue weighted by Gasteiger charge is -2.39. The zero-order chi connectivity index (χ0) is 29.2. The van der Waals surface area contributed by atoms with Crippen LogP contribution in [0.5, 0.6) is 0 Å². The lowest BCUT2D eigenvalue weighted by Crippen LogP contribution is -2.44. The molecule has 0 bridgehead atoms. The summed E-state index contributed by atoms with van der Waals surface area (Å²) in [6.07, 6.45) is 9.07. The maximum absolute atomic E-state index is 10.3. The van der Waals surface area contributed by atoms with Crippen molar-refractivity contribution >= 4 is 11.7 Å². The Bertz CT molecular complexity index is 1540. The minimum Gasteiger partial charge on any atom is -0.284 e. The number of rotatable bonds is 8. The van der Waals surface area contributed by atoms with Crippen molar-refractivity contribution in [3.05, 3.63) is 106 Å². The molecule has 2 aromatic rings. The number of nitriles is 2. The lowest BCUT2D eigenvalue weighted by molar-refractivity contribution is 0.483. The first-order valence-corrected chi connectivity index (χ1v) is 14.2. The van der Waals surface area contributed by atoms with Crippen molar-refractivity contribution in [3.63, 3.8) is 0 Å². The van der Waals surface area contributed by atoms with Crippen molar-refractivity contribution in [1.29, 1.82) is 15.9 Å². The smallest absolute Gasteiger partial charge is 0.141 e. The summed E-state index contributed by atoms with van der Waals surface area (Å²) in [7, 11) is 0. The van der Waals surface area contributed by atoms with E-state index in [1.807, 2.05) is 48.2 Å². The molecule has 4 rings (SSSR count). The van der Waals surface area contributed by atoms with Gasteiger partial charge < -0.3 is 0 Å². The number of allylic oxidation sites excluding steroid dienone is 5. The first kappa shape index (κ1) is 28.8. The van der Waals surface area contributed by atoms with Crippen LogP contribution in [0.4, 0.5) is 0 Å². The fourth-order valence-corrected chi connectivity index (χ4v) is 6.66. The van der Waals surface area contributed by atoms with E-state index in [0.29, 0.717) is 22.8 Å². The monoisotopic (exact) mass is 529 g/mol. The molecule has 2 aliphatic rings. The first-order chi connectivity index (χ1) is 19.2. The lowest BCUT2D eigenvalue weighted by atomic mass is 9.78. The van der Waals surface area contributed by atoms with Crippen LogP contribution in [-0.4, -0.2) is 22.1 Å². The molecule has 5 heteroatoms. The number of benzene rings is 2. The Balaban J connectivity index is 2.16. The molecule has 1 heterocycles. The average molecular weight is 530 g/mol. The highest BCUT2D eigenvalue weighted by Crippen LogP contribution is 2.67. The molecule has 2 aromatic carbocycles. The van der Waals surface area contributed by atoms with Crippen LogP contribution in [0.25, 0.3) is 0 Å². The van der Waals surface area contributed by atoms with Crippen molar-refractivity contribution in [3.8, 4) is 12.1 Å². The van der Waals surface area contributed by atoms with Gasteiger partial charge in [-0.15, -0.1) is 0 Å². The van der Waals surface area contributed by atoms with Crippen molar-refractivity contribution in [2.45, 2.75) is 78.2 Å². The number of aryl methyl sites for hydroxylation is 1. The van der Waals surface area contributed by atoms with Crippen LogP contribution in [0.3, 0.4) is 0 Å². The Morgan fingerprint density at radius 3 is 2.42 bits per heavy atom. The Morgan fingerprint density at radius 2 is 1.88 bits per heavy atom. The van der Waals surface area contributed by atoms with Crippen LogP contribution < -0.4 is 0 Å². The van der Waals surface area contributed by atoms with E-state index in [1.165, 1.54) is 0 Å². The van der Waals surface area contributed by atoms with Crippen molar-refractivity contribution in [1.82, 2.24) is 4.90 Å². The van der Waals surface area contributed by atoms with Gasteiger partial charge in [-0.05, 0) is 67.4 Å². The second kappa shape index (κ2) is 11.1. The SMILES string of the molecule is C=C/C=C\C(CC)=C(/C(C)C)N(C(=N)c1ccccc1C)C1=N[C@@]2(CC)CC2(CC)c2c(C#N)cc(C#N)cc21. The molecule has 2 atom stereocenters. The quantitative estimate of drug-likeness (QED) is 0.213. The summed E-state index contributed by atoms with van der Waals surface area (Å²) in [4.78, 5) is 7.53. The molecule has 1 aliphatic heterocycles. The van der Waals surface area contributed by atoms with Gasteiger partial charge in [-0.25, -0.2) is 0 Å². The molecule has 0 aromatic heterocycles. The summed E-state index contributed by atoms with van der Waals surface area (Å²) in [6, 6.07) is 16.2. The van der Waals surface area contributed by atoms with E-state index in [4.69, 9.17) is 4.99 Å². The fraction of sp³-hybridized carbons (Fsp3) is 0.371. The Morgan fingerprint density at radius 1 is 1.15 bits per heavy atom. The van der Waals surface area contributed by atoms with Gasteiger partial charge in [0.25, 0.3) is 0 Å². The predicted molar refractivity (Wildman–Crippen MR) is 163 cm³/mol. The molecule has 40 heavy (non-hydrogen) atoms. The standard InChI is InChI=1S/C35H39N5/c1-8-12-16-26(9-2)31(23(5)6)40(32(38)28-17-14-13-15-24(28)7)33-29-19-25(20-36)18-27(21-37)30(29)34(10-3)22-35(34,11-4)39-33/h8,12-19,23,38H,1,9-11,22H2,2-7H3/b16-12-,31-26+,38-32?/t34?,35-/m0/s1. The highest BCUT2D eigenvalue weighted by molar-refractivity contribution is 6.17. The van der Waals surface area contributed by atoms with Crippen molar-refractivity contribution < 1.29 is 0 Å². The van der Waals surface area contributed by atoms with Gasteiger partial charge in [0.1, 0.15) is 11.7 Å². The summed E-state index contributed by atoms with van der Waals surface area (Å²) < 4.78 is 0. The topological polar surface area (TPSA) is 87.0 Å². The fourth-order valence-electron chi connectivity index (χ4n) is 6.66. The van der Waals surface area contributed by atoms with Gasteiger partial charge in [-0.3, -0.25) is 15.3 Å². The van der Waals surface area contributed by atoms with Crippen molar-refractivity contribution in [2.75, 3.05) is 0 Å². The maximum Gasteiger partial charge on any atom is 0.141 e. The predicted octanol–water partition coefficient (Wildman–Crippen LogP) is 8.09. The number of nitrogens with zero attached hydrogens (tertiary/aromatic N) is 4. The summed E-state index contributed by atoms with van der Waals surface area (Å²) in [5.74, 6) is 1.05. The summed E-state index contributed by atoms with van der Waals surface area (Å²) in [5, 5.41) is 29.9. The van der Waals surface area contributed by atoms with Crippen molar-refractivity contribution in [2.24, 2.45) is 10.9 Å². The second-order valence-electron chi connectivity index (χ2n) is 11.1. The average Bonchev–Trinajstić information content (AvgIpc) is 3.65. The van der Waals surface area contributed by atoms with Gasteiger partial charge >= 0.3 is 0 Å². The van der Waals surface area contributed by atoms with Crippen LogP contribution >= 0.6 is 0 Å². The van der Waals surface area contributed by atoms with Gasteiger partial charge in [0.05, 0.1) is 28.8 Å². The highest BCUT2D eigenvalue weighted by Gasteiger charge is 2.70. The zero-order valence-corrected chi connectivity index (χ0v) is 24.6. The molecule has 1 unspecified atom stereocenters.